The van der Waals surface area contributed by atoms with Gasteiger partial charge < -0.3 is 0 Å². The summed E-state index contributed by atoms with van der Waals surface area (Å²) in [6, 6.07) is 8.09. The van der Waals surface area contributed by atoms with Gasteiger partial charge in [0.2, 0.25) is 0 Å². The maximum atomic E-state index is 12.0. The molecule has 6 heteroatoms. The van der Waals surface area contributed by atoms with E-state index in [-0.39, 0.29) is 19.0 Å². The molecule has 0 fully saturated rings. The number of anilines is 1. The Bertz CT molecular complexity index is 753. The third kappa shape index (κ3) is 3.53. The Balaban J connectivity index is 0.00000176. The number of hydrogen-bond donors (Lipinski definition) is 1. The Kier molecular flexibility index (Phi) is 4.95. The molecule has 1 amide bonds. The van der Waals surface area contributed by atoms with Crippen molar-refractivity contribution < 1.29 is 4.79 Å². The van der Waals surface area contributed by atoms with Gasteiger partial charge in [-0.05, 0) is 6.92 Å². The lowest BCUT2D eigenvalue weighted by Crippen LogP contribution is -2.13. The Hall–Kier alpha value is -2.60. The van der Waals surface area contributed by atoms with E-state index in [0.717, 1.165) is 11.3 Å². The van der Waals surface area contributed by atoms with Crippen molar-refractivity contribution in [3.05, 3.63) is 59.5 Å². The first kappa shape index (κ1) is 15.8. The molecule has 0 aliphatic heterocycles. The van der Waals surface area contributed by atoms with Gasteiger partial charge >= 0.3 is 0 Å². The number of hydrogen-bond acceptors (Lipinski definition) is 5. The molecular weight excluding hydrogens is 296 g/mol. The zero-order valence-electron chi connectivity index (χ0n) is 11.3. The maximum Gasteiger partial charge on any atom is 0.277 e. The number of nitrogens with zero attached hydrogens (tertiary/aromatic N) is 3. The highest BCUT2D eigenvalue weighted by molar-refractivity contribution is 7.14. The van der Waals surface area contributed by atoms with Crippen molar-refractivity contribution in [2.24, 2.45) is 0 Å². The van der Waals surface area contributed by atoms with Crippen molar-refractivity contribution in [2.75, 3.05) is 5.32 Å². The van der Waals surface area contributed by atoms with E-state index in [0.29, 0.717) is 5.13 Å². The van der Waals surface area contributed by atoms with Gasteiger partial charge in [0.15, 0.2) is 5.13 Å². The van der Waals surface area contributed by atoms with E-state index in [1.807, 2.05) is 36.6 Å². The van der Waals surface area contributed by atoms with Crippen LogP contribution in [0.15, 0.2) is 48.2 Å². The molecule has 0 atom stereocenters. The molecule has 0 saturated heterocycles. The van der Waals surface area contributed by atoms with Crippen LogP contribution >= 0.6 is 11.3 Å². The van der Waals surface area contributed by atoms with Gasteiger partial charge in [0, 0.05) is 23.3 Å². The molecule has 22 heavy (non-hydrogen) atoms. The van der Waals surface area contributed by atoms with Gasteiger partial charge in [0.25, 0.3) is 5.91 Å². The monoisotopic (exact) mass is 312 g/mol. The first-order chi connectivity index (χ1) is 10.2. The Morgan fingerprint density at radius 2 is 1.95 bits per heavy atom. The summed E-state index contributed by atoms with van der Waals surface area (Å²) in [4.78, 5) is 24.2. The zero-order valence-corrected chi connectivity index (χ0v) is 12.1. The van der Waals surface area contributed by atoms with E-state index in [2.05, 4.69) is 20.3 Å². The highest BCUT2D eigenvalue weighted by Crippen LogP contribution is 2.25. The third-order valence-electron chi connectivity index (χ3n) is 2.87. The Morgan fingerprint density at radius 3 is 2.64 bits per heavy atom. The SMILES string of the molecule is C.Cc1ccc(-c2csc(NC(=O)c3cnccn3)n2)cc1. The van der Waals surface area contributed by atoms with Crippen LogP contribution in [0.1, 0.15) is 23.5 Å². The molecule has 1 N–H and O–H groups in total. The first-order valence-electron chi connectivity index (χ1n) is 6.32. The summed E-state index contributed by atoms with van der Waals surface area (Å²) in [5, 5.41) is 5.18. The minimum Gasteiger partial charge on any atom is -0.296 e. The van der Waals surface area contributed by atoms with E-state index < -0.39 is 0 Å². The van der Waals surface area contributed by atoms with Gasteiger partial charge in [-0.1, -0.05) is 37.3 Å². The van der Waals surface area contributed by atoms with Gasteiger partial charge in [-0.2, -0.15) is 0 Å². The van der Waals surface area contributed by atoms with Crippen LogP contribution in [-0.2, 0) is 0 Å². The lowest BCUT2D eigenvalue weighted by Gasteiger charge is -2.00. The van der Waals surface area contributed by atoms with Crippen LogP contribution in [-0.4, -0.2) is 20.9 Å². The van der Waals surface area contributed by atoms with E-state index in [1.54, 1.807) is 0 Å². The molecule has 2 aromatic heterocycles. The predicted octanol–water partition coefficient (Wildman–Crippen LogP) is 3.80. The molecule has 0 aliphatic rings. The van der Waals surface area contributed by atoms with Gasteiger partial charge in [0.05, 0.1) is 11.9 Å². The molecule has 112 valence electrons. The summed E-state index contributed by atoms with van der Waals surface area (Å²) in [5.41, 5.74) is 3.33. The number of nitrogens with one attached hydrogen (secondary N) is 1. The second kappa shape index (κ2) is 6.91. The number of amides is 1. The minimum atomic E-state index is -0.312. The minimum absolute atomic E-state index is 0. The normalized spacial score (nSPS) is 9.86. The topological polar surface area (TPSA) is 67.8 Å². The fourth-order valence-corrected chi connectivity index (χ4v) is 2.48. The summed E-state index contributed by atoms with van der Waals surface area (Å²) in [5.74, 6) is -0.312. The molecule has 3 rings (SSSR count). The molecule has 0 unspecified atom stereocenters. The fourth-order valence-electron chi connectivity index (χ4n) is 1.77. The van der Waals surface area contributed by atoms with Crippen LogP contribution in [0.2, 0.25) is 0 Å². The highest BCUT2D eigenvalue weighted by atomic mass is 32.1. The van der Waals surface area contributed by atoms with Gasteiger partial charge in [-0.3, -0.25) is 15.1 Å². The molecule has 3 aromatic rings. The van der Waals surface area contributed by atoms with Crippen molar-refractivity contribution in [1.29, 1.82) is 0 Å². The van der Waals surface area contributed by atoms with E-state index in [4.69, 9.17) is 0 Å². The number of carbonyl (C=O) groups excluding carboxylic acids is 1. The molecule has 0 radical (unpaired) electrons. The number of benzene rings is 1. The summed E-state index contributed by atoms with van der Waals surface area (Å²) < 4.78 is 0. The van der Waals surface area contributed by atoms with Crippen LogP contribution in [0.5, 0.6) is 0 Å². The molecule has 0 saturated carbocycles. The largest absolute Gasteiger partial charge is 0.296 e. The van der Waals surface area contributed by atoms with Gasteiger partial charge in [0.1, 0.15) is 5.69 Å². The van der Waals surface area contributed by atoms with Crippen LogP contribution in [0.4, 0.5) is 5.13 Å². The predicted molar refractivity (Wildman–Crippen MR) is 89.0 cm³/mol. The first-order valence-corrected chi connectivity index (χ1v) is 7.20. The number of aromatic nitrogens is 3. The van der Waals surface area contributed by atoms with Crippen LogP contribution in [0.25, 0.3) is 11.3 Å². The van der Waals surface area contributed by atoms with E-state index in [9.17, 15) is 4.79 Å². The van der Waals surface area contributed by atoms with Crippen molar-refractivity contribution in [2.45, 2.75) is 14.4 Å². The molecule has 5 nitrogen and oxygen atoms in total. The smallest absolute Gasteiger partial charge is 0.277 e. The van der Waals surface area contributed by atoms with Crippen LogP contribution < -0.4 is 5.32 Å². The molecule has 2 heterocycles. The summed E-state index contributed by atoms with van der Waals surface area (Å²) in [7, 11) is 0. The Morgan fingerprint density at radius 1 is 1.18 bits per heavy atom. The molecular formula is C16H16N4OS. The van der Waals surface area contributed by atoms with Crippen molar-refractivity contribution >= 4 is 22.4 Å². The number of rotatable bonds is 3. The summed E-state index contributed by atoms with van der Waals surface area (Å²) >= 11 is 1.38. The molecule has 0 bridgehead atoms. The number of carbonyl (C=O) groups is 1. The third-order valence-corrected chi connectivity index (χ3v) is 3.63. The molecule has 0 aliphatic carbocycles. The standard InChI is InChI=1S/C15H12N4OS.CH4/c1-10-2-4-11(5-3-10)13-9-21-15(18-13)19-14(20)12-8-16-6-7-17-12;/h2-9H,1H3,(H,18,19,20);1H4. The lowest BCUT2D eigenvalue weighted by molar-refractivity contribution is 0.102. The second-order valence-electron chi connectivity index (χ2n) is 4.45. The second-order valence-corrected chi connectivity index (χ2v) is 5.31. The van der Waals surface area contributed by atoms with Crippen molar-refractivity contribution in [1.82, 2.24) is 15.0 Å². The lowest BCUT2D eigenvalue weighted by atomic mass is 10.1. The van der Waals surface area contributed by atoms with Crippen LogP contribution in [0, 0.1) is 6.92 Å². The molecule has 1 aromatic carbocycles. The zero-order chi connectivity index (χ0) is 14.7. The van der Waals surface area contributed by atoms with E-state index >= 15 is 0 Å². The fraction of sp³-hybridized carbons (Fsp3) is 0.125. The summed E-state index contributed by atoms with van der Waals surface area (Å²) in [6.45, 7) is 2.04. The van der Waals surface area contributed by atoms with Crippen LogP contribution in [0.3, 0.4) is 0 Å². The number of thiazole rings is 1. The average Bonchev–Trinajstić information content (AvgIpc) is 2.97. The van der Waals surface area contributed by atoms with Gasteiger partial charge in [-0.15, -0.1) is 11.3 Å². The highest BCUT2D eigenvalue weighted by Gasteiger charge is 2.10. The van der Waals surface area contributed by atoms with Gasteiger partial charge in [-0.25, -0.2) is 9.97 Å². The summed E-state index contributed by atoms with van der Waals surface area (Å²) in [6.07, 6.45) is 4.42. The Labute approximate surface area is 133 Å². The van der Waals surface area contributed by atoms with Crippen molar-refractivity contribution in [3.8, 4) is 11.3 Å². The number of aryl methyl sites for hydroxylation is 1. The quantitative estimate of drug-likeness (QED) is 0.799. The maximum absolute atomic E-state index is 12.0. The van der Waals surface area contributed by atoms with Crippen molar-refractivity contribution in [3.63, 3.8) is 0 Å². The van der Waals surface area contributed by atoms with E-state index in [1.165, 1.54) is 35.5 Å². The average molecular weight is 312 g/mol. The molecule has 0 spiro atoms.